The van der Waals surface area contributed by atoms with Gasteiger partial charge in [-0.15, -0.1) is 16.4 Å². The highest BCUT2D eigenvalue weighted by Gasteiger charge is 2.49. The summed E-state index contributed by atoms with van der Waals surface area (Å²) in [5.74, 6) is -0.323. The zero-order valence-electron chi connectivity index (χ0n) is 11.1. The first-order chi connectivity index (χ1) is 10.2. The summed E-state index contributed by atoms with van der Waals surface area (Å²) in [4.78, 5) is 11.7. The Bertz CT molecular complexity index is 834. The maximum atomic E-state index is 11.7. The lowest BCUT2D eigenvalue weighted by atomic mass is 9.76. The van der Waals surface area contributed by atoms with Gasteiger partial charge in [0.25, 0.3) is 0 Å². The van der Waals surface area contributed by atoms with E-state index in [4.69, 9.17) is 0 Å². The summed E-state index contributed by atoms with van der Waals surface area (Å²) in [6, 6.07) is 7.99. The number of carboxylic acids is 1. The van der Waals surface area contributed by atoms with Gasteiger partial charge in [0.1, 0.15) is 0 Å². The van der Waals surface area contributed by atoms with Gasteiger partial charge in [0.05, 0.1) is 0 Å². The van der Waals surface area contributed by atoms with E-state index in [1.807, 2.05) is 29.6 Å². The van der Waals surface area contributed by atoms with Crippen molar-refractivity contribution in [2.75, 3.05) is 0 Å². The molecule has 0 aliphatic heterocycles. The number of hydrogen-bond donors (Lipinski definition) is 1. The van der Waals surface area contributed by atoms with Gasteiger partial charge in [-0.25, -0.2) is 9.48 Å². The Morgan fingerprint density at radius 2 is 2.14 bits per heavy atom. The maximum Gasteiger partial charge on any atom is 0.331 e. The molecule has 0 saturated heterocycles. The summed E-state index contributed by atoms with van der Waals surface area (Å²) in [5, 5.41) is 24.4. The number of hydrogen-bond acceptors (Lipinski definition) is 5. The highest BCUT2D eigenvalue weighted by atomic mass is 32.1. The topological polar surface area (TPSA) is 80.9 Å². The maximum absolute atomic E-state index is 11.7. The highest BCUT2D eigenvalue weighted by Crippen LogP contribution is 2.42. The lowest BCUT2D eigenvalue weighted by molar-refractivity contribution is -0.153. The van der Waals surface area contributed by atoms with Crippen LogP contribution in [0.4, 0.5) is 0 Å². The van der Waals surface area contributed by atoms with Crippen LogP contribution in [0.15, 0.2) is 29.6 Å². The molecule has 1 saturated carbocycles. The Balaban J connectivity index is 1.92. The highest BCUT2D eigenvalue weighted by molar-refractivity contribution is 7.17. The fourth-order valence-electron chi connectivity index (χ4n) is 2.82. The minimum absolute atomic E-state index is 0.537. The van der Waals surface area contributed by atoms with E-state index in [2.05, 4.69) is 15.5 Å². The minimum atomic E-state index is -0.984. The Morgan fingerprint density at radius 1 is 1.33 bits per heavy atom. The van der Waals surface area contributed by atoms with E-state index >= 15 is 0 Å². The van der Waals surface area contributed by atoms with Crippen molar-refractivity contribution in [1.29, 1.82) is 0 Å². The second-order valence-electron chi connectivity index (χ2n) is 5.25. The van der Waals surface area contributed by atoms with E-state index < -0.39 is 11.5 Å². The molecule has 4 rings (SSSR count). The summed E-state index contributed by atoms with van der Waals surface area (Å²) in [5.41, 5.74) is -0.0878. The van der Waals surface area contributed by atoms with Gasteiger partial charge in [0.2, 0.25) is 0 Å². The zero-order chi connectivity index (χ0) is 14.4. The van der Waals surface area contributed by atoms with Crippen LogP contribution in [0.3, 0.4) is 0 Å². The van der Waals surface area contributed by atoms with Gasteiger partial charge >= 0.3 is 5.97 Å². The molecule has 3 aromatic rings. The monoisotopic (exact) mass is 300 g/mol. The van der Waals surface area contributed by atoms with Crippen LogP contribution < -0.4 is 0 Å². The number of fused-ring (bicyclic) bond motifs is 1. The Hall–Kier alpha value is -2.28. The van der Waals surface area contributed by atoms with E-state index in [0.717, 1.165) is 22.1 Å². The molecular weight excluding hydrogens is 288 g/mol. The minimum Gasteiger partial charge on any atom is -0.479 e. The van der Waals surface area contributed by atoms with Gasteiger partial charge in [0.15, 0.2) is 11.4 Å². The number of carbonyl (C=O) groups is 1. The quantitative estimate of drug-likeness (QED) is 0.804. The average molecular weight is 300 g/mol. The standard InChI is InChI=1S/C14H12N4O2S/c19-13(20)14(6-3-7-14)18-12(15-16-17-18)10-8-21-11-5-2-1-4-9(10)11/h1-2,4-5,8H,3,6-7H2,(H,19,20). The normalized spacial score (nSPS) is 16.8. The van der Waals surface area contributed by atoms with Crippen molar-refractivity contribution in [3.8, 4) is 11.4 Å². The van der Waals surface area contributed by atoms with Crippen molar-refractivity contribution >= 4 is 27.4 Å². The van der Waals surface area contributed by atoms with Gasteiger partial charge in [-0.05, 0) is 35.8 Å². The van der Waals surface area contributed by atoms with Crippen LogP contribution in [0.2, 0.25) is 0 Å². The van der Waals surface area contributed by atoms with Crippen LogP contribution in [0.25, 0.3) is 21.5 Å². The third kappa shape index (κ3) is 1.64. The second-order valence-corrected chi connectivity index (χ2v) is 6.16. The summed E-state index contributed by atoms with van der Waals surface area (Å²) in [7, 11) is 0. The number of nitrogens with zero attached hydrogens (tertiary/aromatic N) is 4. The van der Waals surface area contributed by atoms with Crippen molar-refractivity contribution in [3.05, 3.63) is 29.6 Å². The number of aliphatic carboxylic acids is 1. The Labute approximate surface area is 124 Å². The van der Waals surface area contributed by atoms with Crippen LogP contribution in [-0.4, -0.2) is 31.3 Å². The van der Waals surface area contributed by atoms with Crippen LogP contribution in [0, 0.1) is 0 Å². The molecule has 0 spiro atoms. The molecule has 1 aliphatic carbocycles. The smallest absolute Gasteiger partial charge is 0.331 e. The lowest BCUT2D eigenvalue weighted by Gasteiger charge is -2.37. The van der Waals surface area contributed by atoms with Crippen molar-refractivity contribution < 1.29 is 9.90 Å². The molecule has 21 heavy (non-hydrogen) atoms. The van der Waals surface area contributed by atoms with E-state index in [0.29, 0.717) is 18.7 Å². The first kappa shape index (κ1) is 12.5. The molecule has 1 fully saturated rings. The Kier molecular flexibility index (Phi) is 2.58. The third-order valence-electron chi connectivity index (χ3n) is 4.18. The van der Waals surface area contributed by atoms with Gasteiger partial charge in [-0.3, -0.25) is 0 Å². The molecule has 1 aromatic carbocycles. The SMILES string of the molecule is O=C(O)C1(n2nnnc2-c2csc3ccccc23)CCC1. The molecule has 6 nitrogen and oxygen atoms in total. The van der Waals surface area contributed by atoms with E-state index in [1.165, 1.54) is 4.68 Å². The summed E-state index contributed by atoms with van der Waals surface area (Å²) < 4.78 is 2.63. The predicted molar refractivity (Wildman–Crippen MR) is 78.1 cm³/mol. The molecule has 0 amide bonds. The van der Waals surface area contributed by atoms with Crippen LogP contribution in [0.5, 0.6) is 0 Å². The van der Waals surface area contributed by atoms with Crippen LogP contribution >= 0.6 is 11.3 Å². The number of tetrazole rings is 1. The Morgan fingerprint density at radius 3 is 2.86 bits per heavy atom. The van der Waals surface area contributed by atoms with E-state index in [1.54, 1.807) is 11.3 Å². The number of thiophene rings is 1. The van der Waals surface area contributed by atoms with Crippen LogP contribution in [0.1, 0.15) is 19.3 Å². The second kappa shape index (κ2) is 4.36. The molecule has 1 N–H and O–H groups in total. The molecule has 0 unspecified atom stereocenters. The molecule has 7 heteroatoms. The molecule has 2 aromatic heterocycles. The average Bonchev–Trinajstić information content (AvgIpc) is 3.03. The number of rotatable bonds is 3. The molecule has 1 aliphatic rings. The van der Waals surface area contributed by atoms with Crippen molar-refractivity contribution in [1.82, 2.24) is 20.2 Å². The van der Waals surface area contributed by atoms with Crippen molar-refractivity contribution in [2.45, 2.75) is 24.8 Å². The van der Waals surface area contributed by atoms with Gasteiger partial charge in [0, 0.05) is 21.0 Å². The van der Waals surface area contributed by atoms with E-state index in [-0.39, 0.29) is 0 Å². The fraction of sp³-hybridized carbons (Fsp3) is 0.286. The van der Waals surface area contributed by atoms with Gasteiger partial charge in [-0.1, -0.05) is 18.2 Å². The first-order valence-corrected chi connectivity index (χ1v) is 7.59. The lowest BCUT2D eigenvalue weighted by Crippen LogP contribution is -2.48. The molecule has 106 valence electrons. The van der Waals surface area contributed by atoms with Crippen molar-refractivity contribution in [2.24, 2.45) is 0 Å². The van der Waals surface area contributed by atoms with Crippen molar-refractivity contribution in [3.63, 3.8) is 0 Å². The predicted octanol–water partition coefficient (Wildman–Crippen LogP) is 2.52. The summed E-state index contributed by atoms with van der Waals surface area (Å²) in [6.45, 7) is 0. The number of carboxylic acid groups (broad SMARTS) is 1. The van der Waals surface area contributed by atoms with Crippen LogP contribution in [-0.2, 0) is 10.3 Å². The number of benzene rings is 1. The zero-order valence-corrected chi connectivity index (χ0v) is 11.9. The molecule has 0 bridgehead atoms. The van der Waals surface area contributed by atoms with Gasteiger partial charge in [-0.2, -0.15) is 0 Å². The summed E-state index contributed by atoms with van der Waals surface area (Å²) >= 11 is 1.61. The fourth-order valence-corrected chi connectivity index (χ4v) is 3.76. The summed E-state index contributed by atoms with van der Waals surface area (Å²) in [6.07, 6.45) is 2.03. The third-order valence-corrected chi connectivity index (χ3v) is 5.14. The molecular formula is C14H12N4O2S. The van der Waals surface area contributed by atoms with E-state index in [9.17, 15) is 9.90 Å². The number of aromatic nitrogens is 4. The largest absolute Gasteiger partial charge is 0.479 e. The molecule has 2 heterocycles. The van der Waals surface area contributed by atoms with Gasteiger partial charge < -0.3 is 5.11 Å². The molecule has 0 atom stereocenters. The molecule has 0 radical (unpaired) electrons. The first-order valence-electron chi connectivity index (χ1n) is 6.71.